The van der Waals surface area contributed by atoms with E-state index in [9.17, 15) is 4.79 Å². The van der Waals surface area contributed by atoms with Crippen LogP contribution in [0.2, 0.25) is 5.02 Å². The van der Waals surface area contributed by atoms with Crippen LogP contribution in [-0.4, -0.2) is 23.7 Å². The van der Waals surface area contributed by atoms with Crippen molar-refractivity contribution >= 4 is 46.2 Å². The number of benzene rings is 2. The van der Waals surface area contributed by atoms with Crippen molar-refractivity contribution in [2.75, 3.05) is 11.5 Å². The summed E-state index contributed by atoms with van der Waals surface area (Å²) in [6.45, 7) is 4.77. The number of thioether (sulfide) groups is 1. The molecule has 28 heavy (non-hydrogen) atoms. The van der Waals surface area contributed by atoms with Crippen LogP contribution in [0, 0.1) is 0 Å². The number of hydrogen-bond donors (Lipinski definition) is 0. The first-order chi connectivity index (χ1) is 13.5. The van der Waals surface area contributed by atoms with Gasteiger partial charge in [-0.1, -0.05) is 23.7 Å². The minimum absolute atomic E-state index is 0.0808. The summed E-state index contributed by atoms with van der Waals surface area (Å²) in [6, 6.07) is 13.5. The van der Waals surface area contributed by atoms with E-state index in [-0.39, 0.29) is 11.9 Å². The van der Waals surface area contributed by atoms with Crippen LogP contribution in [0.15, 0.2) is 52.4 Å². The fourth-order valence-electron chi connectivity index (χ4n) is 3.25. The first-order valence-corrected chi connectivity index (χ1v) is 10.5. The highest BCUT2D eigenvalue weighted by molar-refractivity contribution is 8.19. The Hall–Kier alpha value is -2.24. The van der Waals surface area contributed by atoms with Crippen molar-refractivity contribution in [3.63, 3.8) is 0 Å². The molecule has 4 rings (SSSR count). The third kappa shape index (κ3) is 3.96. The molecule has 2 aliphatic rings. The number of rotatable bonds is 3. The van der Waals surface area contributed by atoms with E-state index in [2.05, 4.69) is 11.1 Å². The molecule has 0 radical (unpaired) electrons. The second kappa shape index (κ2) is 8.02. The molecule has 0 atom stereocenters. The Bertz CT molecular complexity index is 984. The highest BCUT2D eigenvalue weighted by Crippen LogP contribution is 2.37. The molecule has 0 spiro atoms. The van der Waals surface area contributed by atoms with Gasteiger partial charge >= 0.3 is 0 Å². The molecule has 0 N–H and O–H groups in total. The van der Waals surface area contributed by atoms with Gasteiger partial charge in [-0.05, 0) is 86.0 Å². The van der Waals surface area contributed by atoms with Gasteiger partial charge in [-0.3, -0.25) is 14.7 Å². The highest BCUT2D eigenvalue weighted by atomic mass is 35.5. The van der Waals surface area contributed by atoms with Crippen molar-refractivity contribution in [3.05, 3.63) is 63.5 Å². The van der Waals surface area contributed by atoms with E-state index >= 15 is 0 Å². The quantitative estimate of drug-likeness (QED) is 0.620. The summed E-state index contributed by atoms with van der Waals surface area (Å²) < 4.78 is 5.68. The summed E-state index contributed by atoms with van der Waals surface area (Å²) in [7, 11) is 0. The van der Waals surface area contributed by atoms with Crippen molar-refractivity contribution in [2.45, 2.75) is 32.7 Å². The van der Waals surface area contributed by atoms with Gasteiger partial charge in [-0.15, -0.1) is 0 Å². The Labute approximate surface area is 174 Å². The third-order valence-corrected chi connectivity index (χ3v) is 5.69. The van der Waals surface area contributed by atoms with Crippen molar-refractivity contribution in [1.82, 2.24) is 0 Å². The number of aliphatic imine (C=N–C) groups is 1. The number of aryl methyl sites for hydroxylation is 1. The van der Waals surface area contributed by atoms with Gasteiger partial charge in [0, 0.05) is 11.1 Å². The van der Waals surface area contributed by atoms with Gasteiger partial charge in [0.2, 0.25) is 0 Å². The summed E-state index contributed by atoms with van der Waals surface area (Å²) in [4.78, 5) is 20.1. The number of fused-ring (bicyclic) bond motifs is 1. The average Bonchev–Trinajstić information content (AvgIpc) is 2.96. The molecule has 6 heteroatoms. The second-order valence-electron chi connectivity index (χ2n) is 7.06. The van der Waals surface area contributed by atoms with Gasteiger partial charge in [0.15, 0.2) is 5.17 Å². The number of hydrogen-bond acceptors (Lipinski definition) is 4. The number of halogens is 1. The van der Waals surface area contributed by atoms with Crippen molar-refractivity contribution < 1.29 is 9.53 Å². The van der Waals surface area contributed by atoms with E-state index in [0.29, 0.717) is 15.1 Å². The predicted octanol–water partition coefficient (Wildman–Crippen LogP) is 5.55. The van der Waals surface area contributed by atoms with E-state index in [1.165, 1.54) is 17.3 Å². The molecule has 0 unspecified atom stereocenters. The van der Waals surface area contributed by atoms with Crippen LogP contribution in [0.3, 0.4) is 0 Å². The monoisotopic (exact) mass is 412 g/mol. The molecule has 2 aliphatic heterocycles. The topological polar surface area (TPSA) is 41.9 Å². The van der Waals surface area contributed by atoms with Gasteiger partial charge in [0.1, 0.15) is 5.75 Å². The number of carbonyl (C=O) groups is 1. The van der Waals surface area contributed by atoms with Crippen LogP contribution in [-0.2, 0) is 11.2 Å². The smallest absolute Gasteiger partial charge is 0.271 e. The minimum Gasteiger partial charge on any atom is -0.493 e. The molecular formula is C22H21ClN2O2S. The van der Waals surface area contributed by atoms with Gasteiger partial charge in [-0.2, -0.15) is 0 Å². The van der Waals surface area contributed by atoms with Gasteiger partial charge < -0.3 is 4.74 Å². The largest absolute Gasteiger partial charge is 0.493 e. The van der Waals surface area contributed by atoms with Gasteiger partial charge in [0.05, 0.1) is 17.2 Å². The van der Waals surface area contributed by atoms with Crippen LogP contribution in [0.25, 0.3) is 6.08 Å². The zero-order chi connectivity index (χ0) is 19.7. The summed E-state index contributed by atoms with van der Waals surface area (Å²) in [5.41, 5.74) is 2.92. The first-order valence-electron chi connectivity index (χ1n) is 9.34. The average molecular weight is 413 g/mol. The lowest BCUT2D eigenvalue weighted by molar-refractivity contribution is -0.113. The molecule has 0 aromatic heterocycles. The SMILES string of the molecule is CC(C)/N=C1\S/C(=C\c2ccc3c(c2)CCCO3)C(=O)N1c1cccc(Cl)c1. The van der Waals surface area contributed by atoms with Crippen LogP contribution < -0.4 is 9.64 Å². The van der Waals surface area contributed by atoms with Crippen molar-refractivity contribution in [1.29, 1.82) is 0 Å². The highest BCUT2D eigenvalue weighted by Gasteiger charge is 2.35. The predicted molar refractivity (Wildman–Crippen MR) is 117 cm³/mol. The number of amides is 1. The Morgan fingerprint density at radius 3 is 2.89 bits per heavy atom. The van der Waals surface area contributed by atoms with E-state index < -0.39 is 0 Å². The molecule has 0 bridgehead atoms. The van der Waals surface area contributed by atoms with Crippen molar-refractivity contribution in [2.24, 2.45) is 4.99 Å². The summed E-state index contributed by atoms with van der Waals surface area (Å²) in [6.07, 6.45) is 3.96. The third-order valence-electron chi connectivity index (χ3n) is 4.47. The molecule has 2 aromatic carbocycles. The van der Waals surface area contributed by atoms with Crippen LogP contribution in [0.5, 0.6) is 5.75 Å². The van der Waals surface area contributed by atoms with E-state index in [0.717, 1.165) is 36.4 Å². The molecule has 2 heterocycles. The number of nitrogens with zero attached hydrogens (tertiary/aromatic N) is 2. The molecule has 1 fully saturated rings. The van der Waals surface area contributed by atoms with Crippen LogP contribution in [0.4, 0.5) is 5.69 Å². The Morgan fingerprint density at radius 1 is 1.25 bits per heavy atom. The maximum atomic E-state index is 13.2. The Balaban J connectivity index is 1.71. The molecule has 1 amide bonds. The number of amidine groups is 1. The van der Waals surface area contributed by atoms with E-state index in [4.69, 9.17) is 16.3 Å². The fourth-order valence-corrected chi connectivity index (χ4v) is 4.54. The number of anilines is 1. The zero-order valence-electron chi connectivity index (χ0n) is 15.8. The molecular weight excluding hydrogens is 392 g/mol. The Morgan fingerprint density at radius 2 is 2.11 bits per heavy atom. The first kappa shape index (κ1) is 19.1. The molecule has 1 saturated heterocycles. The maximum Gasteiger partial charge on any atom is 0.271 e. The second-order valence-corrected chi connectivity index (χ2v) is 8.50. The van der Waals surface area contributed by atoms with Crippen LogP contribution >= 0.6 is 23.4 Å². The summed E-state index contributed by atoms with van der Waals surface area (Å²) in [5.74, 6) is 0.863. The molecule has 0 saturated carbocycles. The lowest BCUT2D eigenvalue weighted by Crippen LogP contribution is -2.29. The summed E-state index contributed by atoms with van der Waals surface area (Å²) >= 11 is 7.55. The van der Waals surface area contributed by atoms with Crippen LogP contribution in [0.1, 0.15) is 31.4 Å². The van der Waals surface area contributed by atoms with Crippen molar-refractivity contribution in [3.8, 4) is 5.75 Å². The maximum absolute atomic E-state index is 13.2. The molecule has 2 aromatic rings. The summed E-state index contributed by atoms with van der Waals surface area (Å²) in [5, 5.41) is 1.26. The van der Waals surface area contributed by atoms with E-state index in [1.54, 1.807) is 17.0 Å². The molecule has 4 nitrogen and oxygen atoms in total. The number of ether oxygens (including phenoxy) is 1. The van der Waals surface area contributed by atoms with E-state index in [1.807, 2.05) is 44.2 Å². The standard InChI is InChI=1S/C22H21ClN2O2S/c1-14(2)24-22-25(18-7-3-6-17(23)13-18)21(26)20(28-22)12-15-8-9-19-16(11-15)5-4-10-27-19/h3,6-9,11-14H,4-5,10H2,1-2H3/b20-12-,24-22-. The van der Waals surface area contributed by atoms with Gasteiger partial charge in [0.25, 0.3) is 5.91 Å². The Kier molecular flexibility index (Phi) is 5.47. The minimum atomic E-state index is -0.0827. The lowest BCUT2D eigenvalue weighted by atomic mass is 10.0. The van der Waals surface area contributed by atoms with Gasteiger partial charge in [-0.25, -0.2) is 0 Å². The zero-order valence-corrected chi connectivity index (χ0v) is 17.4. The molecule has 144 valence electrons. The fraction of sp³-hybridized carbons (Fsp3) is 0.273. The normalized spacial score (nSPS) is 19.4. The number of carbonyl (C=O) groups excluding carboxylic acids is 1. The molecule has 0 aliphatic carbocycles. The lowest BCUT2D eigenvalue weighted by Gasteiger charge is -2.17.